The van der Waals surface area contributed by atoms with Gasteiger partial charge >= 0.3 is 6.03 Å². The number of hydrogen-bond acceptors (Lipinski definition) is 3. The van der Waals surface area contributed by atoms with Gasteiger partial charge in [-0.2, -0.15) is 0 Å². The molecule has 1 N–H and O–H groups in total. The monoisotopic (exact) mass is 374 g/mol. The summed E-state index contributed by atoms with van der Waals surface area (Å²) in [4.78, 5) is 20.6. The Labute approximate surface area is 144 Å². The molecular formula is C17H19BrN4O. The summed E-state index contributed by atoms with van der Waals surface area (Å²) in [6, 6.07) is 11.7. The first-order chi connectivity index (χ1) is 11.2. The molecule has 1 fully saturated rings. The zero-order valence-corrected chi connectivity index (χ0v) is 14.4. The molecule has 0 aliphatic carbocycles. The molecular weight excluding hydrogens is 356 g/mol. The Morgan fingerprint density at radius 2 is 1.87 bits per heavy atom. The van der Waals surface area contributed by atoms with Gasteiger partial charge < -0.3 is 10.2 Å². The van der Waals surface area contributed by atoms with E-state index in [0.717, 1.165) is 42.9 Å². The summed E-state index contributed by atoms with van der Waals surface area (Å²) in [7, 11) is 0. The number of carbonyl (C=O) groups is 1. The number of amides is 2. The standard InChI is InChI=1S/C17H19BrN4O/c18-15-2-1-3-16(12-15)20-17(23)22-10-8-21(9-11-22)13-14-4-6-19-7-5-14/h1-7,12H,8-11,13H2,(H,20,23). The number of halogens is 1. The van der Waals surface area contributed by atoms with Crippen LogP contribution in [0, 0.1) is 0 Å². The first kappa shape index (κ1) is 16.0. The third kappa shape index (κ3) is 4.53. The number of pyridine rings is 1. The van der Waals surface area contributed by atoms with Crippen molar-refractivity contribution < 1.29 is 4.79 Å². The number of benzene rings is 1. The van der Waals surface area contributed by atoms with Crippen molar-refractivity contribution in [1.29, 1.82) is 0 Å². The summed E-state index contributed by atoms with van der Waals surface area (Å²) in [5, 5.41) is 2.95. The van der Waals surface area contributed by atoms with Gasteiger partial charge in [0.1, 0.15) is 0 Å². The molecule has 6 heteroatoms. The molecule has 1 saturated heterocycles. The molecule has 2 aromatic rings. The summed E-state index contributed by atoms with van der Waals surface area (Å²) in [6.07, 6.45) is 3.63. The molecule has 1 aliphatic rings. The Morgan fingerprint density at radius 3 is 2.57 bits per heavy atom. The van der Waals surface area contributed by atoms with Gasteiger partial charge in [-0.1, -0.05) is 22.0 Å². The van der Waals surface area contributed by atoms with E-state index < -0.39 is 0 Å². The average Bonchev–Trinajstić information content (AvgIpc) is 2.56. The molecule has 120 valence electrons. The maximum Gasteiger partial charge on any atom is 0.321 e. The Balaban J connectivity index is 1.49. The molecule has 5 nitrogen and oxygen atoms in total. The summed E-state index contributed by atoms with van der Waals surface area (Å²) in [5.41, 5.74) is 2.07. The zero-order chi connectivity index (χ0) is 16.1. The fourth-order valence-electron chi connectivity index (χ4n) is 2.62. The highest BCUT2D eigenvalue weighted by Crippen LogP contribution is 2.16. The summed E-state index contributed by atoms with van der Waals surface area (Å²) in [5.74, 6) is 0. The number of anilines is 1. The first-order valence-corrected chi connectivity index (χ1v) is 8.43. The summed E-state index contributed by atoms with van der Waals surface area (Å²) < 4.78 is 0.956. The van der Waals surface area contributed by atoms with E-state index >= 15 is 0 Å². The second-order valence-corrected chi connectivity index (χ2v) is 6.47. The molecule has 0 saturated carbocycles. The Morgan fingerprint density at radius 1 is 1.13 bits per heavy atom. The predicted octanol–water partition coefficient (Wildman–Crippen LogP) is 3.19. The van der Waals surface area contributed by atoms with Crippen LogP contribution in [-0.4, -0.2) is 47.0 Å². The molecule has 0 radical (unpaired) electrons. The van der Waals surface area contributed by atoms with Crippen molar-refractivity contribution in [3.63, 3.8) is 0 Å². The lowest BCUT2D eigenvalue weighted by atomic mass is 10.2. The van der Waals surface area contributed by atoms with Crippen LogP contribution in [0.15, 0.2) is 53.3 Å². The molecule has 2 heterocycles. The predicted molar refractivity (Wildman–Crippen MR) is 94.2 cm³/mol. The van der Waals surface area contributed by atoms with Crippen LogP contribution in [0.3, 0.4) is 0 Å². The van der Waals surface area contributed by atoms with Crippen molar-refractivity contribution in [2.75, 3.05) is 31.5 Å². The molecule has 1 aliphatic heterocycles. The lowest BCUT2D eigenvalue weighted by Gasteiger charge is -2.34. The van der Waals surface area contributed by atoms with Gasteiger partial charge in [-0.05, 0) is 35.9 Å². The van der Waals surface area contributed by atoms with Crippen LogP contribution in [-0.2, 0) is 6.54 Å². The van der Waals surface area contributed by atoms with Crippen molar-refractivity contribution in [1.82, 2.24) is 14.8 Å². The van der Waals surface area contributed by atoms with Gasteiger partial charge in [-0.15, -0.1) is 0 Å². The molecule has 23 heavy (non-hydrogen) atoms. The van der Waals surface area contributed by atoms with Crippen molar-refractivity contribution in [3.05, 3.63) is 58.8 Å². The molecule has 1 aromatic carbocycles. The van der Waals surface area contributed by atoms with Gasteiger partial charge in [0.2, 0.25) is 0 Å². The molecule has 1 aromatic heterocycles. The van der Waals surface area contributed by atoms with Gasteiger partial charge in [0.25, 0.3) is 0 Å². The lowest BCUT2D eigenvalue weighted by molar-refractivity contribution is 0.143. The number of aromatic nitrogens is 1. The van der Waals surface area contributed by atoms with Crippen molar-refractivity contribution >= 4 is 27.6 Å². The lowest BCUT2D eigenvalue weighted by Crippen LogP contribution is -2.49. The van der Waals surface area contributed by atoms with Crippen LogP contribution in [0.25, 0.3) is 0 Å². The minimum absolute atomic E-state index is 0.0355. The van der Waals surface area contributed by atoms with Crippen LogP contribution in [0.4, 0.5) is 10.5 Å². The van der Waals surface area contributed by atoms with E-state index in [1.165, 1.54) is 5.56 Å². The van der Waals surface area contributed by atoms with Gasteiger partial charge in [-0.3, -0.25) is 9.88 Å². The fraction of sp³-hybridized carbons (Fsp3) is 0.294. The maximum atomic E-state index is 12.3. The summed E-state index contributed by atoms with van der Waals surface area (Å²) >= 11 is 3.41. The minimum atomic E-state index is -0.0355. The van der Waals surface area contributed by atoms with E-state index in [1.807, 2.05) is 53.7 Å². The van der Waals surface area contributed by atoms with Gasteiger partial charge in [0.15, 0.2) is 0 Å². The minimum Gasteiger partial charge on any atom is -0.322 e. The highest BCUT2D eigenvalue weighted by Gasteiger charge is 2.21. The van der Waals surface area contributed by atoms with E-state index in [1.54, 1.807) is 0 Å². The van der Waals surface area contributed by atoms with Crippen LogP contribution < -0.4 is 5.32 Å². The smallest absolute Gasteiger partial charge is 0.321 e. The quantitative estimate of drug-likeness (QED) is 0.897. The Hall–Kier alpha value is -1.92. The number of nitrogens with zero attached hydrogens (tertiary/aromatic N) is 3. The van der Waals surface area contributed by atoms with Crippen molar-refractivity contribution in [3.8, 4) is 0 Å². The van der Waals surface area contributed by atoms with E-state index in [9.17, 15) is 4.79 Å². The first-order valence-electron chi connectivity index (χ1n) is 7.63. The SMILES string of the molecule is O=C(Nc1cccc(Br)c1)N1CCN(Cc2ccncc2)CC1. The molecule has 2 amide bonds. The third-order valence-electron chi connectivity index (χ3n) is 3.89. The van der Waals surface area contributed by atoms with Gasteiger partial charge in [0, 0.05) is 55.3 Å². The van der Waals surface area contributed by atoms with E-state index in [0.29, 0.717) is 0 Å². The number of piperazine rings is 1. The largest absolute Gasteiger partial charge is 0.322 e. The topological polar surface area (TPSA) is 48.5 Å². The highest BCUT2D eigenvalue weighted by molar-refractivity contribution is 9.10. The molecule has 0 bridgehead atoms. The Kier molecular flexibility index (Phi) is 5.25. The van der Waals surface area contributed by atoms with E-state index in [2.05, 4.69) is 31.1 Å². The molecule has 0 spiro atoms. The number of rotatable bonds is 3. The third-order valence-corrected chi connectivity index (χ3v) is 4.38. The van der Waals surface area contributed by atoms with Crippen molar-refractivity contribution in [2.24, 2.45) is 0 Å². The van der Waals surface area contributed by atoms with Crippen LogP contribution in [0.5, 0.6) is 0 Å². The number of urea groups is 1. The highest BCUT2D eigenvalue weighted by atomic mass is 79.9. The van der Waals surface area contributed by atoms with Crippen LogP contribution in [0.1, 0.15) is 5.56 Å². The normalized spacial score (nSPS) is 15.4. The van der Waals surface area contributed by atoms with Crippen LogP contribution >= 0.6 is 15.9 Å². The number of nitrogens with one attached hydrogen (secondary N) is 1. The van der Waals surface area contributed by atoms with Crippen LogP contribution in [0.2, 0.25) is 0 Å². The second kappa shape index (κ2) is 7.57. The van der Waals surface area contributed by atoms with Gasteiger partial charge in [0.05, 0.1) is 0 Å². The number of hydrogen-bond donors (Lipinski definition) is 1. The van der Waals surface area contributed by atoms with Gasteiger partial charge in [-0.25, -0.2) is 4.79 Å². The fourth-order valence-corrected chi connectivity index (χ4v) is 3.02. The average molecular weight is 375 g/mol. The van der Waals surface area contributed by atoms with E-state index in [-0.39, 0.29) is 6.03 Å². The molecule has 0 unspecified atom stereocenters. The summed E-state index contributed by atoms with van der Waals surface area (Å²) in [6.45, 7) is 4.15. The number of carbonyl (C=O) groups excluding carboxylic acids is 1. The molecule has 0 atom stereocenters. The zero-order valence-electron chi connectivity index (χ0n) is 12.8. The molecule has 3 rings (SSSR count). The second-order valence-electron chi connectivity index (χ2n) is 5.56. The maximum absolute atomic E-state index is 12.3. The van der Waals surface area contributed by atoms with E-state index in [4.69, 9.17) is 0 Å². The van der Waals surface area contributed by atoms with Crippen molar-refractivity contribution in [2.45, 2.75) is 6.54 Å². The Bertz CT molecular complexity index is 657.